The third kappa shape index (κ3) is 4.20. The van der Waals surface area contributed by atoms with Crippen LogP contribution >= 0.6 is 0 Å². The van der Waals surface area contributed by atoms with Crippen molar-refractivity contribution in [3.63, 3.8) is 0 Å². The van der Waals surface area contributed by atoms with Gasteiger partial charge in [-0.1, -0.05) is 39.2 Å². The number of benzene rings is 1. The first kappa shape index (κ1) is 17.9. The van der Waals surface area contributed by atoms with Gasteiger partial charge in [0.2, 0.25) is 0 Å². The molecule has 0 bridgehead atoms. The molecule has 1 aliphatic carbocycles. The minimum atomic E-state index is -0.182. The average Bonchev–Trinajstić information content (AvgIpc) is 2.66. The molecule has 0 spiro atoms. The number of nitrogens with one attached hydrogen (secondary N) is 1. The van der Waals surface area contributed by atoms with Gasteiger partial charge in [0.1, 0.15) is 13.2 Å². The molecule has 2 aliphatic rings. The van der Waals surface area contributed by atoms with Crippen LogP contribution in [0.15, 0.2) is 18.2 Å². The third-order valence-corrected chi connectivity index (χ3v) is 5.45. The van der Waals surface area contributed by atoms with Crippen LogP contribution in [0.3, 0.4) is 0 Å². The van der Waals surface area contributed by atoms with Gasteiger partial charge in [0.25, 0.3) is 0 Å². The molecule has 0 atom stereocenters. The van der Waals surface area contributed by atoms with Gasteiger partial charge in [0, 0.05) is 25.0 Å². The second-order valence-electron chi connectivity index (χ2n) is 7.80. The molecule has 1 saturated carbocycles. The van der Waals surface area contributed by atoms with E-state index in [2.05, 4.69) is 25.2 Å². The zero-order valence-corrected chi connectivity index (χ0v) is 15.6. The predicted molar refractivity (Wildman–Crippen MR) is 98.5 cm³/mol. The Kier molecular flexibility index (Phi) is 5.40. The quantitative estimate of drug-likeness (QED) is 0.904. The van der Waals surface area contributed by atoms with Crippen LogP contribution in [-0.2, 0) is 5.41 Å². The monoisotopic (exact) mass is 346 g/mol. The van der Waals surface area contributed by atoms with E-state index in [1.165, 1.54) is 19.3 Å². The van der Waals surface area contributed by atoms with Crippen LogP contribution in [0, 0.1) is 0 Å². The second-order valence-corrected chi connectivity index (χ2v) is 7.80. The van der Waals surface area contributed by atoms with Crippen molar-refractivity contribution in [1.29, 1.82) is 0 Å². The maximum Gasteiger partial charge on any atom is 0.317 e. The molecule has 138 valence electrons. The van der Waals surface area contributed by atoms with Crippen LogP contribution in [0.25, 0.3) is 0 Å². The molecule has 2 amide bonds. The van der Waals surface area contributed by atoms with E-state index >= 15 is 0 Å². The Morgan fingerprint density at radius 3 is 2.56 bits per heavy atom. The van der Waals surface area contributed by atoms with Crippen LogP contribution < -0.4 is 14.8 Å². The molecule has 0 unspecified atom stereocenters. The number of nitrogens with zero attached hydrogens (tertiary/aromatic N) is 1. The molecule has 1 fully saturated rings. The highest BCUT2D eigenvalue weighted by Crippen LogP contribution is 2.35. The van der Waals surface area contributed by atoms with Crippen molar-refractivity contribution in [1.82, 2.24) is 10.2 Å². The fourth-order valence-electron chi connectivity index (χ4n) is 3.62. The number of carbonyl (C=O) groups is 1. The molecule has 0 saturated heterocycles. The number of fused-ring (bicyclic) bond motifs is 1. The maximum absolute atomic E-state index is 12.5. The molecule has 1 N–H and O–H groups in total. The first-order chi connectivity index (χ1) is 12.0. The van der Waals surface area contributed by atoms with Crippen molar-refractivity contribution in [2.75, 3.05) is 26.8 Å². The Hall–Kier alpha value is -1.91. The number of hydrogen-bond donors (Lipinski definition) is 1. The Morgan fingerprint density at radius 2 is 1.84 bits per heavy atom. The average molecular weight is 346 g/mol. The SMILES string of the molecule is CN(C(=O)NCC(C)(C)c1ccc2c(c1)OCCO2)C1CCCCC1. The maximum atomic E-state index is 12.5. The molecular weight excluding hydrogens is 316 g/mol. The van der Waals surface area contributed by atoms with Gasteiger partial charge in [0.05, 0.1) is 0 Å². The first-order valence-electron chi connectivity index (χ1n) is 9.38. The minimum Gasteiger partial charge on any atom is -0.486 e. The molecule has 3 rings (SSSR count). The molecule has 0 radical (unpaired) electrons. The lowest BCUT2D eigenvalue weighted by atomic mass is 9.84. The molecule has 0 aromatic heterocycles. The summed E-state index contributed by atoms with van der Waals surface area (Å²) < 4.78 is 11.3. The highest BCUT2D eigenvalue weighted by molar-refractivity contribution is 5.74. The largest absolute Gasteiger partial charge is 0.486 e. The normalized spacial score (nSPS) is 17.9. The zero-order valence-electron chi connectivity index (χ0n) is 15.6. The van der Waals surface area contributed by atoms with Crippen LogP contribution in [0.4, 0.5) is 4.79 Å². The number of rotatable bonds is 4. The smallest absolute Gasteiger partial charge is 0.317 e. The van der Waals surface area contributed by atoms with E-state index in [0.717, 1.165) is 29.9 Å². The summed E-state index contributed by atoms with van der Waals surface area (Å²) in [6.45, 7) is 6.04. The first-order valence-corrected chi connectivity index (χ1v) is 9.38. The van der Waals surface area contributed by atoms with E-state index in [4.69, 9.17) is 9.47 Å². The molecule has 5 nitrogen and oxygen atoms in total. The summed E-state index contributed by atoms with van der Waals surface area (Å²) in [4.78, 5) is 14.4. The molecule has 25 heavy (non-hydrogen) atoms. The van der Waals surface area contributed by atoms with Crippen LogP contribution in [0.1, 0.15) is 51.5 Å². The van der Waals surface area contributed by atoms with Gasteiger partial charge in [-0.2, -0.15) is 0 Å². The van der Waals surface area contributed by atoms with E-state index in [1.54, 1.807) is 0 Å². The molecule has 1 heterocycles. The molecular formula is C20H30N2O3. The summed E-state index contributed by atoms with van der Waals surface area (Å²) in [5.41, 5.74) is 0.955. The number of urea groups is 1. The Bertz CT molecular complexity index is 609. The van der Waals surface area contributed by atoms with Crippen molar-refractivity contribution < 1.29 is 14.3 Å². The second kappa shape index (κ2) is 7.54. The molecule has 1 aromatic rings. The van der Waals surface area contributed by atoms with Gasteiger partial charge < -0.3 is 19.7 Å². The van der Waals surface area contributed by atoms with Gasteiger partial charge >= 0.3 is 6.03 Å². The van der Waals surface area contributed by atoms with Crippen LogP contribution in [0.2, 0.25) is 0 Å². The summed E-state index contributed by atoms with van der Waals surface area (Å²) >= 11 is 0. The molecule has 5 heteroatoms. The highest BCUT2D eigenvalue weighted by atomic mass is 16.6. The topological polar surface area (TPSA) is 50.8 Å². The van der Waals surface area contributed by atoms with Gasteiger partial charge in [-0.3, -0.25) is 0 Å². The number of hydrogen-bond acceptors (Lipinski definition) is 3. The third-order valence-electron chi connectivity index (χ3n) is 5.45. The zero-order chi connectivity index (χ0) is 17.9. The van der Waals surface area contributed by atoms with Gasteiger partial charge in [-0.05, 0) is 30.5 Å². The number of ether oxygens (including phenoxy) is 2. The summed E-state index contributed by atoms with van der Waals surface area (Å²) in [6, 6.07) is 6.46. The lowest BCUT2D eigenvalue weighted by molar-refractivity contribution is 0.170. The minimum absolute atomic E-state index is 0.0255. The van der Waals surface area contributed by atoms with Crippen molar-refractivity contribution in [3.8, 4) is 11.5 Å². The fraction of sp³-hybridized carbons (Fsp3) is 0.650. The van der Waals surface area contributed by atoms with E-state index in [1.807, 2.05) is 24.1 Å². The summed E-state index contributed by atoms with van der Waals surface area (Å²) in [7, 11) is 1.92. The van der Waals surface area contributed by atoms with E-state index in [9.17, 15) is 4.79 Å². The lowest BCUT2D eigenvalue weighted by Gasteiger charge is -2.33. The van der Waals surface area contributed by atoms with Gasteiger partial charge in [-0.25, -0.2) is 4.79 Å². The van der Waals surface area contributed by atoms with E-state index in [0.29, 0.717) is 25.8 Å². The standard InChI is InChI=1S/C20H30N2O3/c1-20(2,15-9-10-17-18(13-15)25-12-11-24-17)14-21-19(23)22(3)16-7-5-4-6-8-16/h9-10,13,16H,4-8,11-12,14H2,1-3H3,(H,21,23). The van der Waals surface area contributed by atoms with Crippen molar-refractivity contribution in [2.45, 2.75) is 57.4 Å². The van der Waals surface area contributed by atoms with Gasteiger partial charge in [-0.15, -0.1) is 0 Å². The molecule has 1 aliphatic heterocycles. The predicted octanol–water partition coefficient (Wildman–Crippen LogP) is 3.71. The van der Waals surface area contributed by atoms with Crippen LogP contribution in [-0.4, -0.2) is 43.8 Å². The van der Waals surface area contributed by atoms with Crippen LogP contribution in [0.5, 0.6) is 11.5 Å². The Balaban J connectivity index is 1.60. The lowest BCUT2D eigenvalue weighted by Crippen LogP contribution is -2.47. The van der Waals surface area contributed by atoms with Crippen molar-refractivity contribution >= 4 is 6.03 Å². The fourth-order valence-corrected chi connectivity index (χ4v) is 3.62. The number of carbonyl (C=O) groups excluding carboxylic acids is 1. The summed E-state index contributed by atoms with van der Waals surface area (Å²) in [5, 5.41) is 3.11. The van der Waals surface area contributed by atoms with E-state index < -0.39 is 0 Å². The highest BCUT2D eigenvalue weighted by Gasteiger charge is 2.26. The Labute approximate surface area is 150 Å². The Morgan fingerprint density at radius 1 is 1.16 bits per heavy atom. The van der Waals surface area contributed by atoms with Gasteiger partial charge in [0.15, 0.2) is 11.5 Å². The van der Waals surface area contributed by atoms with Crippen molar-refractivity contribution in [2.24, 2.45) is 0 Å². The number of amides is 2. The summed E-state index contributed by atoms with van der Waals surface area (Å²) in [5.74, 6) is 1.59. The molecule has 1 aromatic carbocycles. The van der Waals surface area contributed by atoms with Crippen molar-refractivity contribution in [3.05, 3.63) is 23.8 Å². The van der Waals surface area contributed by atoms with E-state index in [-0.39, 0.29) is 11.4 Å². The summed E-state index contributed by atoms with van der Waals surface area (Å²) in [6.07, 6.45) is 5.99.